The Morgan fingerprint density at radius 3 is 1.47 bits per heavy atom. The average Bonchev–Trinajstić information content (AvgIpc) is 3.54. The molecule has 0 aliphatic carbocycles. The van der Waals surface area contributed by atoms with Gasteiger partial charge in [0.05, 0.1) is 11.0 Å². The van der Waals surface area contributed by atoms with Crippen molar-refractivity contribution in [3.63, 3.8) is 0 Å². The summed E-state index contributed by atoms with van der Waals surface area (Å²) in [5.41, 5.74) is 6.45. The summed E-state index contributed by atoms with van der Waals surface area (Å²) in [5, 5.41) is 14.7. The van der Waals surface area contributed by atoms with Gasteiger partial charge in [-0.1, -0.05) is 140 Å². The second-order valence-corrected chi connectivity index (χ2v) is 16.3. The molecule has 13 aromatic rings. The van der Waals surface area contributed by atoms with Gasteiger partial charge in [0.2, 0.25) is 0 Å². The highest BCUT2D eigenvalue weighted by Crippen LogP contribution is 2.46. The maximum atomic E-state index is 5.23. The van der Waals surface area contributed by atoms with E-state index < -0.39 is 0 Å². The second kappa shape index (κ2) is 12.0. The third-order valence-electron chi connectivity index (χ3n) is 12.0. The van der Waals surface area contributed by atoms with E-state index in [4.69, 9.17) is 15.0 Å². The Hall–Kier alpha value is -7.47. The van der Waals surface area contributed by atoms with Gasteiger partial charge in [0, 0.05) is 53.3 Å². The van der Waals surface area contributed by atoms with Crippen molar-refractivity contribution in [2.75, 3.05) is 0 Å². The van der Waals surface area contributed by atoms with Crippen molar-refractivity contribution in [2.45, 2.75) is 0 Å². The van der Waals surface area contributed by atoms with Crippen LogP contribution in [0.25, 0.3) is 125 Å². The normalized spacial score (nSPS) is 12.1. The van der Waals surface area contributed by atoms with Crippen LogP contribution in [0.15, 0.2) is 182 Å². The second-order valence-electron chi connectivity index (χ2n) is 15.2. The number of nitrogens with zero attached hydrogens (tertiary/aromatic N) is 4. The summed E-state index contributed by atoms with van der Waals surface area (Å²) in [4.78, 5) is 15.7. The molecule has 0 spiro atoms. The van der Waals surface area contributed by atoms with Gasteiger partial charge >= 0.3 is 0 Å². The van der Waals surface area contributed by atoms with E-state index in [0.29, 0.717) is 17.5 Å². The number of aromatic nitrogens is 4. The zero-order valence-corrected chi connectivity index (χ0v) is 31.8. The number of fused-ring (bicyclic) bond motifs is 3. The standard InChI is InChI=1S/C53H30N4S/c1-3-15-39-32(9-1)11-5-17-41(39)52-54-51(55-53(56-52)42-18-6-12-33-10-2-4-16-40(33)42)36-22-21-31-23-26-38(30-37(31)29-36)57-43-27-24-34-13-7-19-45-47(34)49(43)50-44(57)28-25-35-14-8-20-46(58-45)48(35)50/h1-30H. The lowest BCUT2D eigenvalue weighted by Crippen LogP contribution is -2.01. The molecule has 0 N–H and O–H groups in total. The van der Waals surface area contributed by atoms with Gasteiger partial charge in [-0.25, -0.2) is 15.0 Å². The molecular weight excluding hydrogens is 725 g/mol. The highest BCUT2D eigenvalue weighted by molar-refractivity contribution is 7.24. The van der Waals surface area contributed by atoms with Crippen molar-refractivity contribution in [1.82, 2.24) is 19.5 Å². The number of hydrogen-bond acceptors (Lipinski definition) is 4. The predicted octanol–water partition coefficient (Wildman–Crippen LogP) is 14.4. The van der Waals surface area contributed by atoms with Crippen molar-refractivity contribution in [3.8, 4) is 39.9 Å². The lowest BCUT2D eigenvalue weighted by molar-refractivity contribution is 1.08. The van der Waals surface area contributed by atoms with E-state index in [-0.39, 0.29) is 0 Å². The first-order valence-electron chi connectivity index (χ1n) is 19.6. The lowest BCUT2D eigenvalue weighted by Gasteiger charge is -2.13. The van der Waals surface area contributed by atoms with Gasteiger partial charge in [0.1, 0.15) is 0 Å². The monoisotopic (exact) mass is 754 g/mol. The Bertz CT molecular complexity index is 3610. The van der Waals surface area contributed by atoms with Gasteiger partial charge < -0.3 is 4.57 Å². The van der Waals surface area contributed by atoms with Crippen LogP contribution in [0.4, 0.5) is 0 Å². The minimum absolute atomic E-state index is 0.641. The fourth-order valence-electron chi connectivity index (χ4n) is 9.34. The number of hydrogen-bond donors (Lipinski definition) is 0. The highest BCUT2D eigenvalue weighted by atomic mass is 32.1. The molecule has 5 heteroatoms. The van der Waals surface area contributed by atoms with Crippen LogP contribution in [0, 0.1) is 0 Å². The van der Waals surface area contributed by atoms with Crippen molar-refractivity contribution >= 4 is 96.4 Å². The Morgan fingerprint density at radius 2 is 0.845 bits per heavy atom. The molecule has 0 saturated carbocycles. The fraction of sp³-hybridized carbons (Fsp3) is 0. The number of benzene rings is 10. The first-order valence-corrected chi connectivity index (χ1v) is 20.4. The van der Waals surface area contributed by atoms with Gasteiger partial charge in [-0.05, 0) is 85.6 Å². The van der Waals surface area contributed by atoms with E-state index in [1.54, 1.807) is 0 Å². The van der Waals surface area contributed by atoms with E-state index in [0.717, 1.165) is 54.7 Å². The van der Waals surface area contributed by atoms with E-state index in [2.05, 4.69) is 187 Å². The van der Waals surface area contributed by atoms with Crippen molar-refractivity contribution in [2.24, 2.45) is 0 Å². The molecular formula is C53H30N4S. The Morgan fingerprint density at radius 1 is 0.345 bits per heavy atom. The summed E-state index contributed by atoms with van der Waals surface area (Å²) < 4.78 is 5.06. The largest absolute Gasteiger partial charge is 0.309 e. The van der Waals surface area contributed by atoms with Crippen LogP contribution < -0.4 is 0 Å². The molecule has 0 atom stereocenters. The molecule has 268 valence electrons. The van der Waals surface area contributed by atoms with Crippen LogP contribution in [-0.2, 0) is 0 Å². The zero-order chi connectivity index (χ0) is 37.9. The molecule has 0 aliphatic heterocycles. The van der Waals surface area contributed by atoms with Crippen molar-refractivity contribution in [3.05, 3.63) is 182 Å². The maximum absolute atomic E-state index is 5.23. The first-order chi connectivity index (χ1) is 28.7. The third-order valence-corrected chi connectivity index (χ3v) is 13.1. The van der Waals surface area contributed by atoms with E-state index in [9.17, 15) is 0 Å². The SMILES string of the molecule is c1ccc2c(-c3nc(-c4ccc5ccc(-n6c7ccc8cccc9sc%10cccc%11ccc6c(c%11%10)c7c89)cc5c4)nc(-c4cccc5ccccc45)n3)cccc2c1. The summed E-state index contributed by atoms with van der Waals surface area (Å²) >= 11 is 1.89. The van der Waals surface area contributed by atoms with Gasteiger partial charge in [0.25, 0.3) is 0 Å². The molecule has 3 heterocycles. The smallest absolute Gasteiger partial charge is 0.164 e. The Labute approximate surface area is 336 Å². The van der Waals surface area contributed by atoms with Crippen LogP contribution in [0.1, 0.15) is 0 Å². The third kappa shape index (κ3) is 4.59. The molecule has 0 fully saturated rings. The minimum atomic E-state index is 0.641. The molecule has 4 nitrogen and oxygen atoms in total. The highest BCUT2D eigenvalue weighted by Gasteiger charge is 2.21. The average molecular weight is 755 g/mol. The number of rotatable bonds is 4. The van der Waals surface area contributed by atoms with Gasteiger partial charge in [0.15, 0.2) is 17.5 Å². The topological polar surface area (TPSA) is 43.6 Å². The van der Waals surface area contributed by atoms with E-state index in [1.807, 2.05) is 11.3 Å². The van der Waals surface area contributed by atoms with Crippen molar-refractivity contribution < 1.29 is 0 Å². The maximum Gasteiger partial charge on any atom is 0.164 e. The molecule has 58 heavy (non-hydrogen) atoms. The molecule has 0 saturated heterocycles. The fourth-order valence-corrected chi connectivity index (χ4v) is 10.5. The van der Waals surface area contributed by atoms with Crippen molar-refractivity contribution in [1.29, 1.82) is 0 Å². The molecule has 0 radical (unpaired) electrons. The predicted molar refractivity (Wildman–Crippen MR) is 245 cm³/mol. The lowest BCUT2D eigenvalue weighted by atomic mass is 10.00. The van der Waals surface area contributed by atoms with Crippen LogP contribution in [0.3, 0.4) is 0 Å². The molecule has 0 bridgehead atoms. The molecule has 13 rings (SSSR count). The van der Waals surface area contributed by atoms with Crippen LogP contribution in [-0.4, -0.2) is 19.5 Å². The van der Waals surface area contributed by atoms with E-state index in [1.165, 1.54) is 52.8 Å². The quantitative estimate of drug-likeness (QED) is 0.180. The van der Waals surface area contributed by atoms with Crippen LogP contribution in [0.2, 0.25) is 0 Å². The molecule has 10 aromatic carbocycles. The molecule has 0 unspecified atom stereocenters. The Balaban J connectivity index is 1.04. The minimum Gasteiger partial charge on any atom is -0.309 e. The summed E-state index contributed by atoms with van der Waals surface area (Å²) in [7, 11) is 0. The molecule has 3 aromatic heterocycles. The van der Waals surface area contributed by atoms with Gasteiger partial charge in [-0.15, -0.1) is 11.3 Å². The first kappa shape index (κ1) is 31.7. The van der Waals surface area contributed by atoms with E-state index >= 15 is 0 Å². The summed E-state index contributed by atoms with van der Waals surface area (Å²) in [6, 6.07) is 65.5. The van der Waals surface area contributed by atoms with Crippen LogP contribution >= 0.6 is 11.3 Å². The molecule has 0 aliphatic rings. The Kier molecular flexibility index (Phi) is 6.57. The van der Waals surface area contributed by atoms with Gasteiger partial charge in [-0.3, -0.25) is 0 Å². The summed E-state index contributed by atoms with van der Waals surface area (Å²) in [5.74, 6) is 1.95. The molecule has 0 amide bonds. The summed E-state index contributed by atoms with van der Waals surface area (Å²) in [6.45, 7) is 0. The van der Waals surface area contributed by atoms with Crippen LogP contribution in [0.5, 0.6) is 0 Å². The zero-order valence-electron chi connectivity index (χ0n) is 31.0. The summed E-state index contributed by atoms with van der Waals surface area (Å²) in [6.07, 6.45) is 0. The van der Waals surface area contributed by atoms with Gasteiger partial charge in [-0.2, -0.15) is 0 Å².